The van der Waals surface area contributed by atoms with E-state index < -0.39 is 0 Å². The van der Waals surface area contributed by atoms with Gasteiger partial charge in [0.1, 0.15) is 17.7 Å². The minimum Gasteiger partial charge on any atom is -0.488 e. The molecule has 2 aromatic rings. The van der Waals surface area contributed by atoms with Crippen LogP contribution in [0.2, 0.25) is 0 Å². The van der Waals surface area contributed by atoms with Crippen LogP contribution < -0.4 is 15.4 Å². The molecule has 21 heavy (non-hydrogen) atoms. The number of nitrogens with zero attached hydrogens (tertiary/aromatic N) is 2. The van der Waals surface area contributed by atoms with Crippen molar-refractivity contribution in [3.05, 3.63) is 41.6 Å². The molecule has 2 N–H and O–H groups in total. The number of ether oxygens (including phenoxy) is 1. The summed E-state index contributed by atoms with van der Waals surface area (Å²) in [7, 11) is 1.79. The normalized spacial score (nSPS) is 16.2. The first-order chi connectivity index (χ1) is 10.1. The molecule has 0 aliphatic carbocycles. The summed E-state index contributed by atoms with van der Waals surface area (Å²) in [5.74, 6) is 1.58. The number of benzene rings is 1. The monoisotopic (exact) mass is 286 g/mol. The molecule has 1 atom stereocenters. The number of anilines is 1. The Morgan fingerprint density at radius 2 is 2.29 bits per heavy atom. The van der Waals surface area contributed by atoms with E-state index in [1.54, 1.807) is 11.7 Å². The van der Waals surface area contributed by atoms with Crippen LogP contribution in [0.25, 0.3) is 0 Å². The maximum absolute atomic E-state index is 11.9. The topological polar surface area (TPSA) is 68.2 Å². The van der Waals surface area contributed by atoms with Crippen LogP contribution in [0.1, 0.15) is 11.3 Å². The van der Waals surface area contributed by atoms with Gasteiger partial charge in [-0.05, 0) is 18.6 Å². The van der Waals surface area contributed by atoms with E-state index >= 15 is 0 Å². The number of hydrogen-bond acceptors (Lipinski definition) is 3. The highest BCUT2D eigenvalue weighted by molar-refractivity contribution is 5.88. The number of hydrogen-bond donors (Lipinski definition) is 2. The Hall–Kier alpha value is -2.50. The molecule has 0 saturated carbocycles. The number of carbonyl (C=O) groups excluding carboxylic acids is 1. The van der Waals surface area contributed by atoms with E-state index in [1.165, 1.54) is 5.56 Å². The molecule has 6 heteroatoms. The van der Waals surface area contributed by atoms with Gasteiger partial charge in [-0.15, -0.1) is 0 Å². The first-order valence-electron chi connectivity index (χ1n) is 6.92. The summed E-state index contributed by atoms with van der Waals surface area (Å²) >= 11 is 0. The molecule has 0 spiro atoms. The molecule has 2 amide bonds. The molecule has 3 rings (SSSR count). The Labute approximate surface area is 123 Å². The first-order valence-corrected chi connectivity index (χ1v) is 6.92. The lowest BCUT2D eigenvalue weighted by Crippen LogP contribution is -2.37. The molecule has 1 aromatic carbocycles. The highest BCUT2D eigenvalue weighted by atomic mass is 16.5. The Morgan fingerprint density at radius 1 is 1.48 bits per heavy atom. The van der Waals surface area contributed by atoms with E-state index in [0.29, 0.717) is 12.4 Å². The molecule has 0 radical (unpaired) electrons. The first kappa shape index (κ1) is 13.5. The average molecular weight is 286 g/mol. The van der Waals surface area contributed by atoms with Gasteiger partial charge in [-0.25, -0.2) is 4.79 Å². The average Bonchev–Trinajstić information content (AvgIpc) is 2.99. The van der Waals surface area contributed by atoms with Crippen molar-refractivity contribution in [3.63, 3.8) is 0 Å². The predicted octanol–water partition coefficient (Wildman–Crippen LogP) is 1.85. The summed E-state index contributed by atoms with van der Waals surface area (Å²) in [5.41, 5.74) is 2.05. The van der Waals surface area contributed by atoms with Gasteiger partial charge in [0.2, 0.25) is 0 Å². The standard InChI is InChI=1S/C15H18N4O2/c1-10-7-14(19(2)18-10)17-15(20)16-9-12-8-11-5-3-4-6-13(11)21-12/h3-7,12H,8-9H2,1-2H3,(H2,16,17,20)/t12-/m1/s1. The maximum Gasteiger partial charge on any atom is 0.320 e. The number of aromatic nitrogens is 2. The van der Waals surface area contributed by atoms with Gasteiger partial charge in [-0.1, -0.05) is 18.2 Å². The van der Waals surface area contributed by atoms with Crippen molar-refractivity contribution >= 4 is 11.8 Å². The largest absolute Gasteiger partial charge is 0.488 e. The van der Waals surface area contributed by atoms with Crippen molar-refractivity contribution in [3.8, 4) is 5.75 Å². The van der Waals surface area contributed by atoms with Crippen molar-refractivity contribution in [1.82, 2.24) is 15.1 Å². The molecule has 6 nitrogen and oxygen atoms in total. The third kappa shape index (κ3) is 2.99. The predicted molar refractivity (Wildman–Crippen MR) is 79.5 cm³/mol. The number of amides is 2. The molecular weight excluding hydrogens is 268 g/mol. The highest BCUT2D eigenvalue weighted by Gasteiger charge is 2.22. The number of rotatable bonds is 3. The van der Waals surface area contributed by atoms with Gasteiger partial charge in [0.15, 0.2) is 0 Å². The molecule has 110 valence electrons. The second-order valence-corrected chi connectivity index (χ2v) is 5.18. The number of urea groups is 1. The smallest absolute Gasteiger partial charge is 0.320 e. The van der Waals surface area contributed by atoms with Crippen LogP contribution in [0.4, 0.5) is 10.6 Å². The molecule has 0 saturated heterocycles. The van der Waals surface area contributed by atoms with Gasteiger partial charge in [-0.2, -0.15) is 5.10 Å². The summed E-state index contributed by atoms with van der Waals surface area (Å²) in [6, 6.07) is 9.52. The van der Waals surface area contributed by atoms with Crippen molar-refractivity contribution < 1.29 is 9.53 Å². The fourth-order valence-electron chi connectivity index (χ4n) is 2.46. The lowest BCUT2D eigenvalue weighted by molar-refractivity contribution is 0.219. The van der Waals surface area contributed by atoms with Crippen LogP contribution in [0.15, 0.2) is 30.3 Å². The Kier molecular flexibility index (Phi) is 3.51. The Morgan fingerprint density at radius 3 is 3.00 bits per heavy atom. The van der Waals surface area contributed by atoms with Crippen LogP contribution in [0.3, 0.4) is 0 Å². The van der Waals surface area contributed by atoms with Gasteiger partial charge in [-0.3, -0.25) is 10.00 Å². The number of nitrogens with one attached hydrogen (secondary N) is 2. The number of aryl methyl sites for hydroxylation is 2. The summed E-state index contributed by atoms with van der Waals surface area (Å²) in [6.45, 7) is 2.35. The van der Waals surface area contributed by atoms with Crippen molar-refractivity contribution in [2.45, 2.75) is 19.4 Å². The fraction of sp³-hybridized carbons (Fsp3) is 0.333. The zero-order chi connectivity index (χ0) is 14.8. The second kappa shape index (κ2) is 5.47. The molecule has 1 aliphatic heterocycles. The lowest BCUT2D eigenvalue weighted by Gasteiger charge is -2.12. The van der Waals surface area contributed by atoms with E-state index in [1.807, 2.05) is 37.3 Å². The zero-order valence-corrected chi connectivity index (χ0v) is 12.1. The second-order valence-electron chi connectivity index (χ2n) is 5.18. The van der Waals surface area contributed by atoms with Crippen LogP contribution in [-0.2, 0) is 13.5 Å². The molecule has 0 unspecified atom stereocenters. The quantitative estimate of drug-likeness (QED) is 0.905. The van der Waals surface area contributed by atoms with E-state index in [-0.39, 0.29) is 12.1 Å². The third-order valence-electron chi connectivity index (χ3n) is 3.45. The lowest BCUT2D eigenvalue weighted by atomic mass is 10.1. The molecule has 1 aromatic heterocycles. The summed E-state index contributed by atoms with van der Waals surface area (Å²) in [4.78, 5) is 11.9. The minimum absolute atomic E-state index is 0.0126. The Balaban J connectivity index is 1.50. The van der Waals surface area contributed by atoms with Gasteiger partial charge in [0, 0.05) is 19.5 Å². The van der Waals surface area contributed by atoms with E-state index in [4.69, 9.17) is 4.74 Å². The van der Waals surface area contributed by atoms with E-state index in [9.17, 15) is 4.79 Å². The molecular formula is C15H18N4O2. The SMILES string of the molecule is Cc1cc(NC(=O)NC[C@H]2Cc3ccccc3O2)n(C)n1. The number of para-hydroxylation sites is 1. The summed E-state index contributed by atoms with van der Waals surface area (Å²) in [6.07, 6.45) is 0.808. The van der Waals surface area contributed by atoms with Gasteiger partial charge in [0.05, 0.1) is 12.2 Å². The van der Waals surface area contributed by atoms with Gasteiger partial charge < -0.3 is 10.1 Å². The maximum atomic E-state index is 11.9. The number of fused-ring (bicyclic) bond motifs is 1. The van der Waals surface area contributed by atoms with Crippen LogP contribution >= 0.6 is 0 Å². The van der Waals surface area contributed by atoms with Crippen LogP contribution in [0, 0.1) is 6.92 Å². The van der Waals surface area contributed by atoms with Crippen molar-refractivity contribution in [2.24, 2.45) is 7.05 Å². The zero-order valence-electron chi connectivity index (χ0n) is 12.1. The van der Waals surface area contributed by atoms with Crippen LogP contribution in [-0.4, -0.2) is 28.5 Å². The fourth-order valence-corrected chi connectivity index (χ4v) is 2.46. The van der Waals surface area contributed by atoms with E-state index in [2.05, 4.69) is 15.7 Å². The Bertz CT molecular complexity index is 640. The van der Waals surface area contributed by atoms with Crippen molar-refractivity contribution in [1.29, 1.82) is 0 Å². The van der Waals surface area contributed by atoms with Crippen LogP contribution in [0.5, 0.6) is 5.75 Å². The number of carbonyl (C=O) groups is 1. The minimum atomic E-state index is -0.252. The van der Waals surface area contributed by atoms with Gasteiger partial charge >= 0.3 is 6.03 Å². The molecule has 0 fully saturated rings. The highest BCUT2D eigenvalue weighted by Crippen LogP contribution is 2.27. The van der Waals surface area contributed by atoms with Gasteiger partial charge in [0.25, 0.3) is 0 Å². The third-order valence-corrected chi connectivity index (χ3v) is 3.45. The van der Waals surface area contributed by atoms with E-state index in [0.717, 1.165) is 17.9 Å². The molecule has 0 bridgehead atoms. The summed E-state index contributed by atoms with van der Waals surface area (Å²) < 4.78 is 7.41. The van der Waals surface area contributed by atoms with Crippen molar-refractivity contribution in [2.75, 3.05) is 11.9 Å². The molecule has 2 heterocycles. The molecule has 1 aliphatic rings. The summed E-state index contributed by atoms with van der Waals surface area (Å²) in [5, 5.41) is 9.78.